The van der Waals surface area contributed by atoms with Crippen LogP contribution in [0, 0.1) is 0 Å². The molecule has 0 saturated carbocycles. The van der Waals surface area contributed by atoms with E-state index >= 15 is 0 Å². The lowest BCUT2D eigenvalue weighted by Gasteiger charge is -2.35. The molecule has 0 unspecified atom stereocenters. The van der Waals surface area contributed by atoms with E-state index in [1.54, 1.807) is 37.6 Å². The molecule has 0 aliphatic rings. The lowest BCUT2D eigenvalue weighted by atomic mass is 10.7. The summed E-state index contributed by atoms with van der Waals surface area (Å²) in [5.41, 5.74) is 0. The zero-order chi connectivity index (χ0) is 22.1. The van der Waals surface area contributed by atoms with Crippen molar-refractivity contribution in [1.29, 1.82) is 0 Å². The zero-order valence-corrected chi connectivity index (χ0v) is 19.3. The van der Waals surface area contributed by atoms with Crippen molar-refractivity contribution in [3.63, 3.8) is 0 Å². The molecule has 0 bridgehead atoms. The second-order valence-corrected chi connectivity index (χ2v) is 13.8. The van der Waals surface area contributed by atoms with Gasteiger partial charge in [-0.1, -0.05) is 0 Å². The van der Waals surface area contributed by atoms with Gasteiger partial charge >= 0.3 is 16.6 Å². The number of hydrogen-bond acceptors (Lipinski definition) is 7. The fourth-order valence-electron chi connectivity index (χ4n) is 4.13. The predicted octanol–water partition coefficient (Wildman–Crippen LogP) is 1.90. The molecule has 6 aromatic heterocycles. The first-order valence-corrected chi connectivity index (χ1v) is 14.1. The molecule has 0 aliphatic carbocycles. The van der Waals surface area contributed by atoms with Crippen LogP contribution in [-0.2, 0) is 4.12 Å². The molecule has 9 heteroatoms. The molecule has 6 heterocycles. The van der Waals surface area contributed by atoms with Crippen LogP contribution >= 0.6 is 0 Å². The van der Waals surface area contributed by atoms with E-state index in [0.29, 0.717) is 32.3 Å². The van der Waals surface area contributed by atoms with Crippen LogP contribution in [0.4, 0.5) is 0 Å². The summed E-state index contributed by atoms with van der Waals surface area (Å²) in [6.07, 6.45) is 9.68. The molecule has 0 radical (unpaired) electrons. The monoisotopic (exact) mass is 474 g/mol. The summed E-state index contributed by atoms with van der Waals surface area (Å²) in [6, 6.07) is 22.2. The van der Waals surface area contributed by atoms with E-state index in [-0.39, 0.29) is 0 Å². The van der Waals surface area contributed by atoms with Gasteiger partial charge in [0.1, 0.15) is 32.3 Å². The first kappa shape index (κ1) is 19.7. The zero-order valence-electron chi connectivity index (χ0n) is 17.3. The summed E-state index contributed by atoms with van der Waals surface area (Å²) in [6.45, 7) is 0. The lowest BCUT2D eigenvalue weighted by Crippen LogP contribution is -2.80. The molecular formula is C24H18O7Si2. The minimum Gasteiger partial charge on any atom is -0.470 e. The molecule has 7 nitrogen and oxygen atoms in total. The van der Waals surface area contributed by atoms with Crippen LogP contribution in [0.5, 0.6) is 0 Å². The van der Waals surface area contributed by atoms with Gasteiger partial charge in [-0.25, -0.2) is 0 Å². The van der Waals surface area contributed by atoms with Crippen molar-refractivity contribution in [3.05, 3.63) is 110 Å². The topological polar surface area (TPSA) is 88.1 Å². The third-order valence-corrected chi connectivity index (χ3v) is 13.8. The number of furan rings is 6. The maximum atomic E-state index is 7.41. The molecule has 0 aliphatic heterocycles. The highest BCUT2D eigenvalue weighted by atomic mass is 28.4. The van der Waals surface area contributed by atoms with Crippen LogP contribution in [0.3, 0.4) is 0 Å². The average molecular weight is 475 g/mol. The second-order valence-electron chi connectivity index (χ2n) is 7.33. The van der Waals surface area contributed by atoms with Gasteiger partial charge in [0, 0.05) is 0 Å². The fraction of sp³-hybridized carbons (Fsp3) is 0. The summed E-state index contributed by atoms with van der Waals surface area (Å²) in [7, 11) is -6.98. The molecule has 0 saturated heterocycles. The summed E-state index contributed by atoms with van der Waals surface area (Å²) < 4.78 is 43.4. The van der Waals surface area contributed by atoms with Crippen LogP contribution in [0.15, 0.2) is 137 Å². The Morgan fingerprint density at radius 1 is 0.364 bits per heavy atom. The molecule has 6 rings (SSSR count). The highest BCUT2D eigenvalue weighted by molar-refractivity contribution is 7.16. The summed E-state index contributed by atoms with van der Waals surface area (Å²) in [4.78, 5) is 0. The van der Waals surface area contributed by atoms with Crippen molar-refractivity contribution >= 4 is 48.9 Å². The standard InChI is InChI=1S/C24H18O7Si2/c1-7-19(25-13-1)32(20-8-2-14-26-20,21-9-3-15-27-21)31-33(22-10-4-16-28-22,23-11-5-17-29-23)24-12-6-18-30-24/h1-18H. The molecular weight excluding hydrogens is 456 g/mol. The van der Waals surface area contributed by atoms with Crippen molar-refractivity contribution in [2.45, 2.75) is 0 Å². The Bertz CT molecular complexity index is 1090. The quantitative estimate of drug-likeness (QED) is 0.311. The highest BCUT2D eigenvalue weighted by Gasteiger charge is 2.62. The van der Waals surface area contributed by atoms with E-state index in [4.69, 9.17) is 30.6 Å². The highest BCUT2D eigenvalue weighted by Crippen LogP contribution is 2.19. The molecule has 0 fully saturated rings. The normalized spacial score (nSPS) is 12.4. The average Bonchev–Trinajstić information content (AvgIpc) is 3.72. The first-order valence-electron chi connectivity index (χ1n) is 10.3. The molecule has 33 heavy (non-hydrogen) atoms. The van der Waals surface area contributed by atoms with Crippen LogP contribution in [0.25, 0.3) is 0 Å². The maximum absolute atomic E-state index is 7.41. The Hall–Kier alpha value is -3.93. The first-order chi connectivity index (χ1) is 16.3. The molecule has 0 spiro atoms. The fourth-order valence-corrected chi connectivity index (χ4v) is 13.2. The Morgan fingerprint density at radius 2 is 0.576 bits per heavy atom. The van der Waals surface area contributed by atoms with E-state index < -0.39 is 16.6 Å². The van der Waals surface area contributed by atoms with Gasteiger partial charge in [0.05, 0.1) is 37.6 Å². The number of rotatable bonds is 8. The van der Waals surface area contributed by atoms with Crippen LogP contribution in [0.1, 0.15) is 0 Å². The summed E-state index contributed by atoms with van der Waals surface area (Å²) in [5.74, 6) is 0. The van der Waals surface area contributed by atoms with E-state index in [1.807, 2.05) is 72.8 Å². The maximum Gasteiger partial charge on any atom is 0.391 e. The van der Waals surface area contributed by atoms with Crippen molar-refractivity contribution in [1.82, 2.24) is 0 Å². The van der Waals surface area contributed by atoms with Crippen LogP contribution in [0.2, 0.25) is 0 Å². The summed E-state index contributed by atoms with van der Waals surface area (Å²) >= 11 is 0. The van der Waals surface area contributed by atoms with Crippen molar-refractivity contribution < 1.29 is 30.6 Å². The van der Waals surface area contributed by atoms with Gasteiger partial charge in [-0.05, 0) is 72.8 Å². The SMILES string of the molecule is c1coc([Si](O[Si](c2ccco2)(c2ccco2)c2ccco2)(c2ccco2)c2ccco2)c1. The Balaban J connectivity index is 1.70. The number of hydrogen-bond donors (Lipinski definition) is 0. The van der Waals surface area contributed by atoms with Gasteiger partial charge in [0.15, 0.2) is 0 Å². The van der Waals surface area contributed by atoms with Gasteiger partial charge in [-0.2, -0.15) is 0 Å². The van der Waals surface area contributed by atoms with Crippen molar-refractivity contribution in [2.24, 2.45) is 0 Å². The Morgan fingerprint density at radius 3 is 0.727 bits per heavy atom. The predicted molar refractivity (Wildman–Crippen MR) is 123 cm³/mol. The second kappa shape index (κ2) is 7.89. The van der Waals surface area contributed by atoms with E-state index in [2.05, 4.69) is 0 Å². The van der Waals surface area contributed by atoms with Crippen molar-refractivity contribution in [2.75, 3.05) is 0 Å². The molecule has 0 aromatic carbocycles. The van der Waals surface area contributed by atoms with E-state index in [9.17, 15) is 0 Å². The molecule has 6 aromatic rings. The lowest BCUT2D eigenvalue weighted by molar-refractivity contribution is 0.477. The Kier molecular flexibility index (Phi) is 4.72. The minimum absolute atomic E-state index is 0.606. The molecule has 0 amide bonds. The minimum atomic E-state index is -3.49. The molecule has 0 atom stereocenters. The van der Waals surface area contributed by atoms with Gasteiger partial charge in [0.2, 0.25) is 0 Å². The largest absolute Gasteiger partial charge is 0.470 e. The van der Waals surface area contributed by atoms with Crippen LogP contribution in [-0.4, -0.2) is 16.6 Å². The molecule has 164 valence electrons. The van der Waals surface area contributed by atoms with E-state index in [0.717, 1.165) is 0 Å². The van der Waals surface area contributed by atoms with Gasteiger partial charge in [-0.3, -0.25) is 0 Å². The van der Waals surface area contributed by atoms with Crippen LogP contribution < -0.4 is 32.3 Å². The third kappa shape index (κ3) is 2.98. The van der Waals surface area contributed by atoms with Crippen molar-refractivity contribution in [3.8, 4) is 0 Å². The van der Waals surface area contributed by atoms with Gasteiger partial charge in [0.25, 0.3) is 0 Å². The smallest absolute Gasteiger partial charge is 0.391 e. The van der Waals surface area contributed by atoms with Gasteiger partial charge in [-0.15, -0.1) is 0 Å². The summed E-state index contributed by atoms with van der Waals surface area (Å²) in [5, 5.41) is 3.63. The third-order valence-electron chi connectivity index (χ3n) is 5.52. The van der Waals surface area contributed by atoms with Gasteiger partial charge < -0.3 is 30.6 Å². The Labute approximate surface area is 190 Å². The molecule has 0 N–H and O–H groups in total. The van der Waals surface area contributed by atoms with E-state index in [1.165, 1.54) is 0 Å².